The van der Waals surface area contributed by atoms with Crippen molar-refractivity contribution in [3.05, 3.63) is 22.7 Å². The minimum absolute atomic E-state index is 0.192. The van der Waals surface area contributed by atoms with E-state index in [0.717, 1.165) is 18.4 Å². The average Bonchev–Trinajstić information content (AvgIpc) is 3.24. The topological polar surface area (TPSA) is 55.8 Å². The SMILES string of the molecule is CCOc1cc(Cl)c(CC(C)C2CC2C(=O)O)cc1OCC. The van der Waals surface area contributed by atoms with Crippen LogP contribution >= 0.6 is 11.6 Å². The molecule has 122 valence electrons. The molecule has 0 spiro atoms. The van der Waals surface area contributed by atoms with Crippen LogP contribution in [0.3, 0.4) is 0 Å². The van der Waals surface area contributed by atoms with Crippen molar-refractivity contribution in [2.45, 2.75) is 33.6 Å². The summed E-state index contributed by atoms with van der Waals surface area (Å²) in [6.07, 6.45) is 1.52. The zero-order valence-electron chi connectivity index (χ0n) is 13.3. The van der Waals surface area contributed by atoms with E-state index in [1.54, 1.807) is 6.07 Å². The van der Waals surface area contributed by atoms with Gasteiger partial charge in [-0.05, 0) is 50.2 Å². The number of ether oxygens (including phenoxy) is 2. The first-order chi connectivity index (χ1) is 10.5. The number of hydrogen-bond acceptors (Lipinski definition) is 3. The van der Waals surface area contributed by atoms with Crippen molar-refractivity contribution in [3.8, 4) is 11.5 Å². The van der Waals surface area contributed by atoms with Gasteiger partial charge in [0.1, 0.15) is 0 Å². The van der Waals surface area contributed by atoms with Crippen molar-refractivity contribution in [1.82, 2.24) is 0 Å². The minimum Gasteiger partial charge on any atom is -0.490 e. The molecule has 1 aromatic rings. The standard InChI is InChI=1S/C17H23ClO4/c1-4-21-15-7-11(14(18)9-16(15)22-5-2)6-10(3)12-8-13(12)17(19)20/h7,9-10,12-13H,4-6,8H2,1-3H3,(H,19,20). The molecule has 0 bridgehead atoms. The summed E-state index contributed by atoms with van der Waals surface area (Å²) in [6, 6.07) is 3.71. The highest BCUT2D eigenvalue weighted by Gasteiger charge is 2.46. The fraction of sp³-hybridized carbons (Fsp3) is 0.588. The zero-order valence-corrected chi connectivity index (χ0v) is 14.0. The first-order valence-corrected chi connectivity index (χ1v) is 8.16. The van der Waals surface area contributed by atoms with E-state index in [4.69, 9.17) is 26.2 Å². The number of rotatable bonds is 8. The van der Waals surface area contributed by atoms with Gasteiger partial charge < -0.3 is 14.6 Å². The van der Waals surface area contributed by atoms with Gasteiger partial charge in [-0.15, -0.1) is 0 Å². The second-order valence-electron chi connectivity index (χ2n) is 5.78. The molecular weight excluding hydrogens is 304 g/mol. The summed E-state index contributed by atoms with van der Waals surface area (Å²) in [7, 11) is 0. The predicted octanol–water partition coefficient (Wildman–Crippen LogP) is 4.04. The fourth-order valence-electron chi connectivity index (χ4n) is 2.90. The molecule has 1 fully saturated rings. The first-order valence-electron chi connectivity index (χ1n) is 7.78. The predicted molar refractivity (Wildman–Crippen MR) is 85.9 cm³/mol. The Morgan fingerprint density at radius 1 is 1.32 bits per heavy atom. The molecule has 22 heavy (non-hydrogen) atoms. The van der Waals surface area contributed by atoms with Gasteiger partial charge in [-0.3, -0.25) is 4.79 Å². The highest BCUT2D eigenvalue weighted by molar-refractivity contribution is 6.31. The van der Waals surface area contributed by atoms with Crippen LogP contribution in [0.2, 0.25) is 5.02 Å². The van der Waals surface area contributed by atoms with E-state index >= 15 is 0 Å². The van der Waals surface area contributed by atoms with Crippen molar-refractivity contribution in [2.24, 2.45) is 17.8 Å². The van der Waals surface area contributed by atoms with E-state index in [9.17, 15) is 4.79 Å². The zero-order chi connectivity index (χ0) is 16.3. The van der Waals surface area contributed by atoms with Crippen molar-refractivity contribution in [3.63, 3.8) is 0 Å². The lowest BCUT2D eigenvalue weighted by molar-refractivity contribution is -0.139. The highest BCUT2D eigenvalue weighted by atomic mass is 35.5. The molecule has 3 unspecified atom stereocenters. The van der Waals surface area contributed by atoms with E-state index in [1.807, 2.05) is 19.9 Å². The van der Waals surface area contributed by atoms with Crippen LogP contribution in [0.25, 0.3) is 0 Å². The smallest absolute Gasteiger partial charge is 0.306 e. The van der Waals surface area contributed by atoms with E-state index in [2.05, 4.69) is 6.92 Å². The molecule has 0 aromatic heterocycles. The summed E-state index contributed by atoms with van der Waals surface area (Å²) in [5.74, 6) is 0.997. The third kappa shape index (κ3) is 3.86. The van der Waals surface area contributed by atoms with E-state index in [0.29, 0.717) is 29.7 Å². The van der Waals surface area contributed by atoms with Crippen molar-refractivity contribution < 1.29 is 19.4 Å². The second-order valence-corrected chi connectivity index (χ2v) is 6.19. The summed E-state index contributed by atoms with van der Waals surface area (Å²) in [4.78, 5) is 11.0. The summed E-state index contributed by atoms with van der Waals surface area (Å²) in [6.45, 7) is 7.03. The van der Waals surface area contributed by atoms with Crippen LogP contribution in [0.5, 0.6) is 11.5 Å². The van der Waals surface area contributed by atoms with Gasteiger partial charge in [-0.25, -0.2) is 0 Å². The highest BCUT2D eigenvalue weighted by Crippen LogP contribution is 2.46. The number of carbonyl (C=O) groups is 1. The number of aliphatic carboxylic acids is 1. The van der Waals surface area contributed by atoms with Crippen LogP contribution in [-0.4, -0.2) is 24.3 Å². The van der Waals surface area contributed by atoms with Crippen LogP contribution in [-0.2, 0) is 11.2 Å². The Labute approximate surface area is 136 Å². The van der Waals surface area contributed by atoms with Crippen molar-refractivity contribution in [2.75, 3.05) is 13.2 Å². The Morgan fingerprint density at radius 3 is 2.41 bits per heavy atom. The number of carboxylic acids is 1. The van der Waals surface area contributed by atoms with Gasteiger partial charge >= 0.3 is 5.97 Å². The maximum absolute atomic E-state index is 11.0. The Bertz CT molecular complexity index is 544. The van der Waals surface area contributed by atoms with Crippen molar-refractivity contribution in [1.29, 1.82) is 0 Å². The van der Waals surface area contributed by atoms with Gasteiger partial charge in [-0.1, -0.05) is 18.5 Å². The van der Waals surface area contributed by atoms with E-state index < -0.39 is 5.97 Å². The Balaban J connectivity index is 2.13. The minimum atomic E-state index is -0.690. The van der Waals surface area contributed by atoms with Crippen LogP contribution in [0.1, 0.15) is 32.8 Å². The van der Waals surface area contributed by atoms with E-state index in [-0.39, 0.29) is 17.8 Å². The largest absolute Gasteiger partial charge is 0.490 e. The molecule has 0 aliphatic heterocycles. The number of benzene rings is 1. The van der Waals surface area contributed by atoms with Crippen LogP contribution < -0.4 is 9.47 Å². The molecule has 3 atom stereocenters. The Kier molecular flexibility index (Phi) is 5.57. The average molecular weight is 327 g/mol. The maximum Gasteiger partial charge on any atom is 0.306 e. The molecule has 1 aliphatic carbocycles. The number of hydrogen-bond donors (Lipinski definition) is 1. The lowest BCUT2D eigenvalue weighted by Crippen LogP contribution is -2.09. The lowest BCUT2D eigenvalue weighted by atomic mass is 9.95. The summed E-state index contributed by atoms with van der Waals surface area (Å²) >= 11 is 6.35. The molecule has 2 rings (SSSR count). The Hall–Kier alpha value is -1.42. The van der Waals surface area contributed by atoms with E-state index in [1.165, 1.54) is 0 Å². The molecule has 0 amide bonds. The Morgan fingerprint density at radius 2 is 1.91 bits per heavy atom. The molecule has 5 heteroatoms. The summed E-state index contributed by atoms with van der Waals surface area (Å²) in [5, 5.41) is 9.68. The molecule has 0 radical (unpaired) electrons. The molecule has 1 N–H and O–H groups in total. The number of carboxylic acid groups (broad SMARTS) is 1. The molecule has 1 saturated carbocycles. The van der Waals surface area contributed by atoms with Crippen molar-refractivity contribution >= 4 is 17.6 Å². The lowest BCUT2D eigenvalue weighted by Gasteiger charge is -2.16. The van der Waals surface area contributed by atoms with Gasteiger partial charge in [0.25, 0.3) is 0 Å². The fourth-order valence-corrected chi connectivity index (χ4v) is 3.13. The quantitative estimate of drug-likeness (QED) is 0.783. The van der Waals surface area contributed by atoms with Crippen LogP contribution in [0.15, 0.2) is 12.1 Å². The third-order valence-corrected chi connectivity index (χ3v) is 4.49. The molecule has 0 saturated heterocycles. The second kappa shape index (κ2) is 7.23. The molecular formula is C17H23ClO4. The molecule has 0 heterocycles. The van der Waals surface area contributed by atoms with Gasteiger partial charge in [0.05, 0.1) is 19.1 Å². The molecule has 1 aliphatic rings. The normalized spacial score (nSPS) is 21.3. The third-order valence-electron chi connectivity index (χ3n) is 4.14. The number of halogens is 1. The summed E-state index contributed by atoms with van der Waals surface area (Å²) in [5.41, 5.74) is 0.983. The molecule has 1 aromatic carbocycles. The van der Waals surface area contributed by atoms with Gasteiger partial charge in [0.2, 0.25) is 0 Å². The summed E-state index contributed by atoms with van der Waals surface area (Å²) < 4.78 is 11.2. The monoisotopic (exact) mass is 326 g/mol. The maximum atomic E-state index is 11.0. The van der Waals surface area contributed by atoms with Crippen LogP contribution in [0.4, 0.5) is 0 Å². The van der Waals surface area contributed by atoms with Gasteiger partial charge in [-0.2, -0.15) is 0 Å². The van der Waals surface area contributed by atoms with Gasteiger partial charge in [0, 0.05) is 11.1 Å². The van der Waals surface area contributed by atoms with Gasteiger partial charge in [0.15, 0.2) is 11.5 Å². The van der Waals surface area contributed by atoms with Crippen LogP contribution in [0, 0.1) is 17.8 Å². The molecule has 4 nitrogen and oxygen atoms in total. The first kappa shape index (κ1) is 16.9.